The lowest BCUT2D eigenvalue weighted by molar-refractivity contribution is 0.0512. The predicted molar refractivity (Wildman–Crippen MR) is 191 cm³/mol. The summed E-state index contributed by atoms with van der Waals surface area (Å²) in [5, 5.41) is 1.19. The highest BCUT2D eigenvalue weighted by Crippen LogP contribution is 2.44. The lowest BCUT2D eigenvalue weighted by atomic mass is 9.95. The number of hydrogen-bond donors (Lipinski definition) is 0. The Kier molecular flexibility index (Phi) is 11.0. The van der Waals surface area contributed by atoms with E-state index in [0.717, 1.165) is 11.8 Å². The second-order valence-electron chi connectivity index (χ2n) is 13.2. The van der Waals surface area contributed by atoms with Crippen LogP contribution < -0.4 is 14.4 Å². The first kappa shape index (κ1) is 36.7. The fraction of sp³-hybridized carbons (Fsp3) is 0.472. The van der Waals surface area contributed by atoms with Crippen LogP contribution in [0, 0.1) is 23.1 Å². The maximum atomic E-state index is 17.1. The Labute approximate surface area is 290 Å². The van der Waals surface area contributed by atoms with E-state index in [4.69, 9.17) is 14.2 Å². The van der Waals surface area contributed by atoms with Crippen LogP contribution in [0.1, 0.15) is 54.0 Å². The van der Waals surface area contributed by atoms with Gasteiger partial charge < -0.3 is 19.1 Å². The average molecular weight is 715 g/mol. The number of ether oxygens (including phenoxy) is 3. The molecule has 49 heavy (non-hydrogen) atoms. The molecule has 0 amide bonds. The summed E-state index contributed by atoms with van der Waals surface area (Å²) in [4.78, 5) is 15.0. The van der Waals surface area contributed by atoms with Crippen molar-refractivity contribution in [3.8, 4) is 34.4 Å². The first-order chi connectivity index (χ1) is 23.2. The average Bonchev–Trinajstić information content (AvgIpc) is 3.17. The van der Waals surface area contributed by atoms with Gasteiger partial charge in [0.1, 0.15) is 48.7 Å². The van der Waals surface area contributed by atoms with Crippen LogP contribution in [0.3, 0.4) is 0 Å². The van der Waals surface area contributed by atoms with E-state index in [-0.39, 0.29) is 58.0 Å². The summed E-state index contributed by atoms with van der Waals surface area (Å²) >= 11 is 1.15. The molecule has 1 aliphatic heterocycles. The Morgan fingerprint density at radius 3 is 2.33 bits per heavy atom. The van der Waals surface area contributed by atoms with Gasteiger partial charge >= 0.3 is 0 Å². The van der Waals surface area contributed by atoms with E-state index >= 15 is 8.78 Å². The fourth-order valence-electron chi connectivity index (χ4n) is 7.13. The third-order valence-corrected chi connectivity index (χ3v) is 16.2. The van der Waals surface area contributed by atoms with E-state index in [1.807, 2.05) is 0 Å². The van der Waals surface area contributed by atoms with E-state index in [2.05, 4.69) is 68.0 Å². The van der Waals surface area contributed by atoms with Gasteiger partial charge in [-0.15, -0.1) is 5.54 Å². The van der Waals surface area contributed by atoms with Gasteiger partial charge in [-0.2, -0.15) is 0 Å². The van der Waals surface area contributed by atoms with Crippen molar-refractivity contribution in [2.75, 3.05) is 38.2 Å². The topological polar surface area (TPSA) is 69.6 Å². The molecule has 0 saturated carbocycles. The van der Waals surface area contributed by atoms with Crippen molar-refractivity contribution in [1.29, 1.82) is 0 Å². The Bertz CT molecular complexity index is 1910. The fourth-order valence-corrected chi connectivity index (χ4v) is 12.7. The van der Waals surface area contributed by atoms with Crippen molar-refractivity contribution >= 4 is 47.3 Å². The molecule has 13 heteroatoms. The number of thioether (sulfide) groups is 1. The molecule has 1 atom stereocenters. The monoisotopic (exact) mass is 714 g/mol. The van der Waals surface area contributed by atoms with Gasteiger partial charge in [-0.3, -0.25) is 0 Å². The van der Waals surface area contributed by atoms with E-state index in [0.29, 0.717) is 33.1 Å². The van der Waals surface area contributed by atoms with Crippen molar-refractivity contribution in [3.05, 3.63) is 41.5 Å². The highest BCUT2D eigenvalue weighted by Gasteiger charge is 2.42. The highest BCUT2D eigenvalue weighted by atomic mass is 32.2. The molecule has 7 nitrogen and oxygen atoms in total. The predicted octanol–water partition coefficient (Wildman–Crippen LogP) is 9.25. The largest absolute Gasteiger partial charge is 0.475 e. The number of benzene rings is 2. The lowest BCUT2D eigenvalue weighted by Crippen LogP contribution is -2.43. The van der Waals surface area contributed by atoms with Crippen LogP contribution in [-0.2, 0) is 4.74 Å². The number of anilines is 1. The van der Waals surface area contributed by atoms with Crippen LogP contribution in [0.15, 0.2) is 29.4 Å². The molecule has 3 heterocycles. The number of halogens is 4. The van der Waals surface area contributed by atoms with E-state index < -0.39 is 38.7 Å². The van der Waals surface area contributed by atoms with Crippen LogP contribution in [-0.4, -0.2) is 68.8 Å². The molecular weight excluding hydrogens is 673 g/mol. The molecular formula is C36H42F4N4O3SSi. The molecule has 1 aliphatic rings. The van der Waals surface area contributed by atoms with Crippen LogP contribution in [0.5, 0.6) is 11.6 Å². The maximum Gasteiger partial charge on any atom is 0.255 e. The van der Waals surface area contributed by atoms with Crippen LogP contribution in [0.4, 0.5) is 23.4 Å². The van der Waals surface area contributed by atoms with Crippen molar-refractivity contribution < 1.29 is 31.8 Å². The van der Waals surface area contributed by atoms with Gasteiger partial charge in [-0.25, -0.2) is 32.5 Å². The zero-order valence-electron chi connectivity index (χ0n) is 29.3. The van der Waals surface area contributed by atoms with Gasteiger partial charge in [0.2, 0.25) is 5.88 Å². The minimum absolute atomic E-state index is 0.0103. The first-order valence-corrected chi connectivity index (χ1v) is 19.7. The minimum atomic E-state index is -2.68. The molecule has 262 valence electrons. The van der Waals surface area contributed by atoms with Crippen molar-refractivity contribution in [2.24, 2.45) is 0 Å². The van der Waals surface area contributed by atoms with Crippen molar-refractivity contribution in [2.45, 2.75) is 82.7 Å². The first-order valence-electron chi connectivity index (χ1n) is 16.3. The summed E-state index contributed by atoms with van der Waals surface area (Å²) in [5.41, 5.74) is 4.53. The second-order valence-corrected chi connectivity index (χ2v) is 19.6. The molecule has 0 spiro atoms. The minimum Gasteiger partial charge on any atom is -0.475 e. The number of fused-ring (bicyclic) bond motifs is 1. The number of alkyl halides is 2. The molecule has 2 aromatic carbocycles. The lowest BCUT2D eigenvalue weighted by Gasteiger charge is -2.38. The zero-order chi connectivity index (χ0) is 35.8. The number of rotatable bonds is 10. The number of nitrogens with zero attached hydrogens (tertiary/aromatic N) is 4. The third-order valence-electron chi connectivity index (χ3n) is 9.40. The van der Waals surface area contributed by atoms with E-state index in [1.54, 1.807) is 31.4 Å². The Hall–Kier alpha value is -3.60. The SMILES string of the molecule is COCOc1cc(-c2nc3c4c(nc(SC)nc4c2F)N(CC(F)F)[C@@H](C)CO3)c2c(C#C[Si](C(C)C)(C(C)C)C(C)C)c(F)ccc2c1. The quantitative estimate of drug-likeness (QED) is 0.0402. The molecule has 0 bridgehead atoms. The normalized spacial score (nSPS) is 15.0. The van der Waals surface area contributed by atoms with Crippen LogP contribution in [0.25, 0.3) is 32.9 Å². The summed E-state index contributed by atoms with van der Waals surface area (Å²) in [6, 6.07) is 5.72. The van der Waals surface area contributed by atoms with E-state index in [9.17, 15) is 8.78 Å². The molecule has 0 N–H and O–H groups in total. The summed E-state index contributed by atoms with van der Waals surface area (Å²) in [6.45, 7) is 14.1. The smallest absolute Gasteiger partial charge is 0.255 e. The Morgan fingerprint density at radius 1 is 1.02 bits per heavy atom. The van der Waals surface area contributed by atoms with Crippen molar-refractivity contribution in [3.63, 3.8) is 0 Å². The highest BCUT2D eigenvalue weighted by molar-refractivity contribution is 7.98. The summed E-state index contributed by atoms with van der Waals surface area (Å²) in [6.07, 6.45) is -0.960. The second kappa shape index (κ2) is 14.7. The molecule has 2 aromatic heterocycles. The van der Waals surface area contributed by atoms with Crippen molar-refractivity contribution in [1.82, 2.24) is 15.0 Å². The molecule has 0 unspecified atom stereocenters. The van der Waals surface area contributed by atoms with Crippen LogP contribution in [0.2, 0.25) is 16.6 Å². The zero-order valence-corrected chi connectivity index (χ0v) is 31.1. The van der Waals surface area contributed by atoms with Gasteiger partial charge in [0, 0.05) is 18.1 Å². The Balaban J connectivity index is 1.89. The molecule has 0 saturated heterocycles. The van der Waals surface area contributed by atoms with Gasteiger partial charge in [0.15, 0.2) is 17.8 Å². The molecule has 0 radical (unpaired) electrons. The summed E-state index contributed by atoms with van der Waals surface area (Å²) in [5.74, 6) is 2.32. The Morgan fingerprint density at radius 2 is 1.71 bits per heavy atom. The molecule has 5 rings (SSSR count). The number of hydrogen-bond acceptors (Lipinski definition) is 8. The molecule has 4 aromatic rings. The molecule has 0 fully saturated rings. The number of methoxy groups -OCH3 is 1. The maximum absolute atomic E-state index is 17.1. The van der Waals surface area contributed by atoms with Gasteiger partial charge in [0.05, 0.1) is 18.2 Å². The van der Waals surface area contributed by atoms with Gasteiger partial charge in [-0.05, 0) is 53.4 Å². The van der Waals surface area contributed by atoms with Gasteiger partial charge in [0.25, 0.3) is 6.43 Å². The standard InChI is InChI=1S/C36H42F4N4O3SSi/c1-19(2)49(20(3)4,21(5)6)13-12-25-27(37)11-10-23-14-24(47-18-45-8)15-26(29(23)25)32-31(40)33-30-34(43-36(42-33)48-9)44(16-28(38)39)22(7)17-46-35(30)41-32/h10-11,14-15,19-22,28H,16-18H2,1-9H3/t22-/m0/s1. The number of pyridine rings is 1. The van der Waals surface area contributed by atoms with Crippen LogP contribution >= 0.6 is 11.8 Å². The molecule has 0 aliphatic carbocycles. The van der Waals surface area contributed by atoms with E-state index in [1.165, 1.54) is 18.1 Å². The van der Waals surface area contributed by atoms with Gasteiger partial charge in [-0.1, -0.05) is 65.3 Å². The summed E-state index contributed by atoms with van der Waals surface area (Å²) in [7, 11) is -0.823. The third kappa shape index (κ3) is 6.79. The number of aromatic nitrogens is 3. The summed E-state index contributed by atoms with van der Waals surface area (Å²) < 4.78 is 77.6.